The number of anilines is 1. The summed E-state index contributed by atoms with van der Waals surface area (Å²) in [5.41, 5.74) is 1.34. The van der Waals surface area contributed by atoms with Gasteiger partial charge in [-0.05, 0) is 49.3 Å². The largest absolute Gasteiger partial charge is 0.395 e. The number of ketones is 1. The van der Waals surface area contributed by atoms with Gasteiger partial charge in [0.2, 0.25) is 0 Å². The zero-order valence-corrected chi connectivity index (χ0v) is 17.4. The number of aliphatic hydroxyl groups excluding tert-OH is 1. The number of Topliss-reactive ketones (excluding diaryl/α,β-unsaturated/α-hetero) is 1. The highest BCUT2D eigenvalue weighted by Crippen LogP contribution is 2.36. The van der Waals surface area contributed by atoms with Crippen LogP contribution in [-0.2, 0) is 11.2 Å². The van der Waals surface area contributed by atoms with Crippen LogP contribution in [0.2, 0.25) is 0 Å². The van der Waals surface area contributed by atoms with Crippen LogP contribution in [0.15, 0.2) is 18.2 Å². The number of hydrogen-bond donors (Lipinski definition) is 2. The Morgan fingerprint density at radius 3 is 2.70 bits per heavy atom. The summed E-state index contributed by atoms with van der Waals surface area (Å²) in [7, 11) is 0. The average Bonchev–Trinajstić information content (AvgIpc) is 3.39. The van der Waals surface area contributed by atoms with Gasteiger partial charge in [0, 0.05) is 50.9 Å². The van der Waals surface area contributed by atoms with Crippen molar-refractivity contribution in [2.24, 2.45) is 11.8 Å². The molecule has 1 aliphatic carbocycles. The molecule has 7 heteroatoms. The van der Waals surface area contributed by atoms with Crippen LogP contribution in [0, 0.1) is 29.0 Å². The second kappa shape index (κ2) is 9.42. The number of piperidine rings is 1. The number of piperazine rings is 1. The first-order chi connectivity index (χ1) is 14.6. The Labute approximate surface area is 177 Å². The lowest BCUT2D eigenvalue weighted by Gasteiger charge is -2.35. The number of halogens is 1. The van der Waals surface area contributed by atoms with Crippen molar-refractivity contribution < 1.29 is 14.3 Å². The SMILES string of the molecule is N#C[C@@H](CC(=O)[C@H]1N[C@@H]2CC[C@H]1C2)Cc1ccc(N2CCN(CCO)CC2)cc1F. The van der Waals surface area contributed by atoms with E-state index in [0.717, 1.165) is 51.1 Å². The molecule has 3 aliphatic rings. The molecule has 30 heavy (non-hydrogen) atoms. The number of aliphatic hydroxyl groups is 1. The molecule has 2 aliphatic heterocycles. The Hall–Kier alpha value is -2.01. The fraction of sp³-hybridized carbons (Fsp3) is 0.652. The first-order valence-corrected chi connectivity index (χ1v) is 11.1. The van der Waals surface area contributed by atoms with E-state index in [1.807, 2.05) is 6.07 Å². The van der Waals surface area contributed by atoms with Crippen molar-refractivity contribution >= 4 is 11.5 Å². The van der Waals surface area contributed by atoms with Crippen LogP contribution in [0.4, 0.5) is 10.1 Å². The van der Waals surface area contributed by atoms with Gasteiger partial charge >= 0.3 is 0 Å². The quantitative estimate of drug-likeness (QED) is 0.674. The van der Waals surface area contributed by atoms with Crippen LogP contribution in [0.5, 0.6) is 0 Å². The van der Waals surface area contributed by atoms with E-state index >= 15 is 0 Å². The van der Waals surface area contributed by atoms with E-state index < -0.39 is 5.92 Å². The third kappa shape index (κ3) is 4.66. The number of nitrogens with zero attached hydrogens (tertiary/aromatic N) is 3. The third-order valence-corrected chi connectivity index (χ3v) is 6.99. The zero-order chi connectivity index (χ0) is 21.1. The fourth-order valence-corrected chi connectivity index (χ4v) is 5.28. The van der Waals surface area contributed by atoms with Gasteiger partial charge in [0.05, 0.1) is 24.6 Å². The van der Waals surface area contributed by atoms with Gasteiger partial charge in [-0.15, -0.1) is 0 Å². The Balaban J connectivity index is 1.33. The maximum Gasteiger partial charge on any atom is 0.151 e. The van der Waals surface area contributed by atoms with Crippen molar-refractivity contribution in [2.75, 3.05) is 44.2 Å². The predicted octanol–water partition coefficient (Wildman–Crippen LogP) is 1.72. The molecule has 2 N–H and O–H groups in total. The highest BCUT2D eigenvalue weighted by atomic mass is 19.1. The average molecular weight is 415 g/mol. The topological polar surface area (TPSA) is 79.6 Å². The number of β-amino-alcohol motifs (C(OH)–C–C–N with tert-alkyl or cyclic N) is 1. The highest BCUT2D eigenvalue weighted by molar-refractivity contribution is 5.85. The molecule has 4 atom stereocenters. The van der Waals surface area contributed by atoms with Gasteiger partial charge in [0.1, 0.15) is 5.82 Å². The van der Waals surface area contributed by atoms with Crippen molar-refractivity contribution in [2.45, 2.75) is 44.2 Å². The first kappa shape index (κ1) is 21.2. The summed E-state index contributed by atoms with van der Waals surface area (Å²) in [6.07, 6.45) is 3.75. The molecule has 2 heterocycles. The standard InChI is InChI=1S/C23H31FN4O2/c24-21-14-20(28-7-5-27(6-8-28)9-10-29)4-2-17(21)11-16(15-25)12-22(30)23-18-1-3-19(13-18)26-23/h2,4,14,16,18-19,23,26,29H,1,3,5-13H2/t16-,18+,19-,23+/m1/s1. The molecule has 1 aromatic rings. The summed E-state index contributed by atoms with van der Waals surface area (Å²) in [6, 6.07) is 7.78. The molecule has 162 valence electrons. The Morgan fingerprint density at radius 2 is 2.10 bits per heavy atom. The molecule has 0 amide bonds. The van der Waals surface area contributed by atoms with Crippen LogP contribution in [0.25, 0.3) is 0 Å². The fourth-order valence-electron chi connectivity index (χ4n) is 5.28. The minimum absolute atomic E-state index is 0.103. The van der Waals surface area contributed by atoms with E-state index in [4.69, 9.17) is 5.11 Å². The minimum Gasteiger partial charge on any atom is -0.395 e. The third-order valence-electron chi connectivity index (χ3n) is 6.99. The summed E-state index contributed by atoms with van der Waals surface area (Å²) in [5, 5.41) is 22.0. The first-order valence-electron chi connectivity index (χ1n) is 11.1. The second-order valence-electron chi connectivity index (χ2n) is 8.94. The molecule has 0 aromatic heterocycles. The van der Waals surface area contributed by atoms with Gasteiger partial charge in [-0.25, -0.2) is 4.39 Å². The van der Waals surface area contributed by atoms with Crippen LogP contribution in [0.3, 0.4) is 0 Å². The second-order valence-corrected chi connectivity index (χ2v) is 8.94. The number of benzene rings is 1. The molecule has 2 saturated heterocycles. The van der Waals surface area contributed by atoms with Gasteiger partial charge in [0.25, 0.3) is 0 Å². The number of carbonyl (C=O) groups is 1. The van der Waals surface area contributed by atoms with Crippen molar-refractivity contribution in [3.63, 3.8) is 0 Å². The highest BCUT2D eigenvalue weighted by Gasteiger charge is 2.42. The maximum atomic E-state index is 14.8. The van der Waals surface area contributed by atoms with E-state index in [9.17, 15) is 14.4 Å². The molecule has 2 bridgehead atoms. The normalized spacial score (nSPS) is 27.2. The van der Waals surface area contributed by atoms with Crippen molar-refractivity contribution in [3.8, 4) is 6.07 Å². The lowest BCUT2D eigenvalue weighted by Crippen LogP contribution is -2.47. The summed E-state index contributed by atoms with van der Waals surface area (Å²) < 4.78 is 14.8. The van der Waals surface area contributed by atoms with Gasteiger partial charge in [-0.3, -0.25) is 9.69 Å². The number of nitriles is 1. The van der Waals surface area contributed by atoms with Crippen LogP contribution >= 0.6 is 0 Å². The van der Waals surface area contributed by atoms with E-state index in [0.29, 0.717) is 24.1 Å². The summed E-state index contributed by atoms with van der Waals surface area (Å²) >= 11 is 0. The molecule has 1 saturated carbocycles. The van der Waals surface area contributed by atoms with Crippen molar-refractivity contribution in [3.05, 3.63) is 29.6 Å². The maximum absolute atomic E-state index is 14.8. The Kier molecular flexibility index (Phi) is 6.67. The van der Waals surface area contributed by atoms with Gasteiger partial charge in [-0.1, -0.05) is 6.07 Å². The lowest BCUT2D eigenvalue weighted by atomic mass is 9.88. The van der Waals surface area contributed by atoms with E-state index in [2.05, 4.69) is 21.2 Å². The van der Waals surface area contributed by atoms with Crippen LogP contribution < -0.4 is 10.2 Å². The molecule has 6 nitrogen and oxygen atoms in total. The van der Waals surface area contributed by atoms with Crippen molar-refractivity contribution in [1.29, 1.82) is 5.26 Å². The predicted molar refractivity (Wildman–Crippen MR) is 113 cm³/mol. The number of nitrogens with one attached hydrogen (secondary N) is 1. The molecular formula is C23H31FN4O2. The number of carbonyl (C=O) groups excluding carboxylic acids is 1. The van der Waals surface area contributed by atoms with Crippen molar-refractivity contribution in [1.82, 2.24) is 10.2 Å². The van der Waals surface area contributed by atoms with Gasteiger partial charge in [0.15, 0.2) is 5.78 Å². The summed E-state index contributed by atoms with van der Waals surface area (Å²) in [5.74, 6) is -0.293. The monoisotopic (exact) mass is 414 g/mol. The summed E-state index contributed by atoms with van der Waals surface area (Å²) in [4.78, 5) is 17.0. The van der Waals surface area contributed by atoms with Crippen LogP contribution in [-0.4, -0.2) is 67.2 Å². The number of rotatable bonds is 8. The molecule has 0 radical (unpaired) electrons. The number of fused-ring (bicyclic) bond motifs is 2. The molecule has 4 rings (SSSR count). The molecule has 0 spiro atoms. The van der Waals surface area contributed by atoms with Crippen LogP contribution in [0.1, 0.15) is 31.2 Å². The molecule has 1 aromatic carbocycles. The number of hydrogen-bond acceptors (Lipinski definition) is 6. The van der Waals surface area contributed by atoms with Gasteiger partial charge < -0.3 is 15.3 Å². The Bertz CT molecular complexity index is 803. The zero-order valence-electron chi connectivity index (χ0n) is 17.4. The summed E-state index contributed by atoms with van der Waals surface area (Å²) in [6.45, 7) is 4.12. The lowest BCUT2D eigenvalue weighted by molar-refractivity contribution is -0.122. The van der Waals surface area contributed by atoms with E-state index in [1.54, 1.807) is 12.1 Å². The minimum atomic E-state index is -0.499. The van der Waals surface area contributed by atoms with Gasteiger partial charge in [-0.2, -0.15) is 5.26 Å². The molecule has 3 fully saturated rings. The smallest absolute Gasteiger partial charge is 0.151 e. The Morgan fingerprint density at radius 1 is 1.30 bits per heavy atom. The van der Waals surface area contributed by atoms with E-state index in [1.165, 1.54) is 0 Å². The molecule has 0 unspecified atom stereocenters. The van der Waals surface area contributed by atoms with E-state index in [-0.39, 0.29) is 37.1 Å². The molecular weight excluding hydrogens is 383 g/mol.